The predicted octanol–water partition coefficient (Wildman–Crippen LogP) is 3.70. The molecule has 1 N–H and O–H groups in total. The Morgan fingerprint density at radius 1 is 1.10 bits per heavy atom. The minimum absolute atomic E-state index is 0.117. The molecule has 2 aromatic carbocycles. The molecule has 3 aromatic rings. The van der Waals surface area contributed by atoms with Crippen molar-refractivity contribution in [2.24, 2.45) is 0 Å². The zero-order chi connectivity index (χ0) is 15.0. The first-order chi connectivity index (χ1) is 10.1. The third kappa shape index (κ3) is 2.35. The summed E-state index contributed by atoms with van der Waals surface area (Å²) in [7, 11) is 0. The van der Waals surface area contributed by atoms with Crippen LogP contribution in [0.25, 0.3) is 22.8 Å². The highest BCUT2D eigenvalue weighted by atomic mass is 19.1. The van der Waals surface area contributed by atoms with Crippen molar-refractivity contribution >= 4 is 0 Å². The average molecular weight is 288 g/mol. The highest BCUT2D eigenvalue weighted by Crippen LogP contribution is 2.31. The number of aromatic nitrogens is 2. The minimum Gasteiger partial charge on any atom is -0.507 e. The van der Waals surface area contributed by atoms with Gasteiger partial charge in [-0.2, -0.15) is 4.98 Å². The molecule has 4 nitrogen and oxygen atoms in total. The molecule has 3 rings (SSSR count). The lowest BCUT2D eigenvalue weighted by molar-refractivity contribution is 0.421. The highest BCUT2D eigenvalue weighted by molar-refractivity contribution is 5.65. The summed E-state index contributed by atoms with van der Waals surface area (Å²) in [6.45, 7) is 1.64. The Balaban J connectivity index is 2.06. The molecule has 6 heteroatoms. The summed E-state index contributed by atoms with van der Waals surface area (Å²) in [4.78, 5) is 4.00. The van der Waals surface area contributed by atoms with Gasteiger partial charge >= 0.3 is 0 Å². The van der Waals surface area contributed by atoms with Crippen LogP contribution in [0.2, 0.25) is 0 Å². The number of hydrogen-bond donors (Lipinski definition) is 1. The van der Waals surface area contributed by atoms with Crippen molar-refractivity contribution < 1.29 is 18.4 Å². The minimum atomic E-state index is -0.680. The van der Waals surface area contributed by atoms with E-state index < -0.39 is 11.6 Å². The number of phenolic OH excluding ortho intramolecular Hbond substituents is 1. The van der Waals surface area contributed by atoms with Crippen molar-refractivity contribution in [2.45, 2.75) is 6.92 Å². The molecule has 0 aliphatic rings. The van der Waals surface area contributed by atoms with Gasteiger partial charge in [-0.3, -0.25) is 0 Å². The van der Waals surface area contributed by atoms with Crippen LogP contribution < -0.4 is 0 Å². The maximum absolute atomic E-state index is 13.7. The summed E-state index contributed by atoms with van der Waals surface area (Å²) in [5.74, 6) is -1.43. The molecular weight excluding hydrogens is 278 g/mol. The lowest BCUT2D eigenvalue weighted by Gasteiger charge is -2.00. The fourth-order valence-electron chi connectivity index (χ4n) is 1.90. The topological polar surface area (TPSA) is 59.2 Å². The van der Waals surface area contributed by atoms with Gasteiger partial charge in [0.1, 0.15) is 22.9 Å². The lowest BCUT2D eigenvalue weighted by atomic mass is 10.1. The number of benzene rings is 2. The maximum atomic E-state index is 13.7. The maximum Gasteiger partial charge on any atom is 0.265 e. The van der Waals surface area contributed by atoms with E-state index in [1.54, 1.807) is 19.1 Å². The number of hydrogen-bond acceptors (Lipinski definition) is 4. The molecule has 0 aliphatic carbocycles. The number of aryl methyl sites for hydroxylation is 1. The molecule has 1 aromatic heterocycles. The number of rotatable bonds is 2. The summed E-state index contributed by atoms with van der Waals surface area (Å²) >= 11 is 0. The number of halogens is 2. The highest BCUT2D eigenvalue weighted by Gasteiger charge is 2.18. The molecule has 0 saturated carbocycles. The van der Waals surface area contributed by atoms with E-state index in [1.807, 2.05) is 0 Å². The SMILES string of the molecule is Cc1ccc(-c2noc(-c3c(O)cccc3F)n2)cc1F. The second kappa shape index (κ2) is 4.97. The molecule has 0 spiro atoms. The van der Waals surface area contributed by atoms with Crippen LogP contribution in [0.3, 0.4) is 0 Å². The van der Waals surface area contributed by atoms with E-state index in [0.717, 1.165) is 0 Å². The Kier molecular flexibility index (Phi) is 3.13. The molecule has 0 amide bonds. The lowest BCUT2D eigenvalue weighted by Crippen LogP contribution is -1.87. The number of aromatic hydroxyl groups is 1. The van der Waals surface area contributed by atoms with E-state index in [9.17, 15) is 13.9 Å². The number of nitrogens with zero attached hydrogens (tertiary/aromatic N) is 2. The standard InChI is InChI=1S/C15H10F2N2O2/c1-8-5-6-9(7-11(8)17)14-18-15(21-19-14)13-10(16)3-2-4-12(13)20/h2-7,20H,1H3. The van der Waals surface area contributed by atoms with E-state index in [4.69, 9.17) is 4.52 Å². The molecule has 0 atom stereocenters. The zero-order valence-electron chi connectivity index (χ0n) is 11.0. The van der Waals surface area contributed by atoms with Crippen LogP contribution in [-0.4, -0.2) is 15.2 Å². The van der Waals surface area contributed by atoms with Crippen LogP contribution >= 0.6 is 0 Å². The second-order valence-corrected chi connectivity index (χ2v) is 4.52. The van der Waals surface area contributed by atoms with Gasteiger partial charge in [-0.05, 0) is 30.7 Å². The Labute approximate surface area is 118 Å². The summed E-state index contributed by atoms with van der Waals surface area (Å²) in [6, 6.07) is 8.33. The Morgan fingerprint density at radius 3 is 2.62 bits per heavy atom. The summed E-state index contributed by atoms with van der Waals surface area (Å²) < 4.78 is 32.2. The third-order valence-electron chi connectivity index (χ3n) is 3.06. The van der Waals surface area contributed by atoms with Gasteiger partial charge in [0.2, 0.25) is 5.82 Å². The van der Waals surface area contributed by atoms with E-state index in [0.29, 0.717) is 11.1 Å². The molecule has 21 heavy (non-hydrogen) atoms. The molecule has 1 heterocycles. The summed E-state index contributed by atoms with van der Waals surface area (Å²) in [5, 5.41) is 13.4. The number of phenols is 1. The molecular formula is C15H10F2N2O2. The Morgan fingerprint density at radius 2 is 1.90 bits per heavy atom. The molecule has 0 saturated heterocycles. The van der Waals surface area contributed by atoms with E-state index in [-0.39, 0.29) is 23.0 Å². The van der Waals surface area contributed by atoms with E-state index in [1.165, 1.54) is 24.3 Å². The van der Waals surface area contributed by atoms with Crippen LogP contribution in [0.1, 0.15) is 5.56 Å². The van der Waals surface area contributed by atoms with Crippen molar-refractivity contribution in [2.75, 3.05) is 0 Å². The van der Waals surface area contributed by atoms with Gasteiger partial charge in [0.15, 0.2) is 0 Å². The Hall–Kier alpha value is -2.76. The van der Waals surface area contributed by atoms with Crippen LogP contribution in [0.15, 0.2) is 40.9 Å². The fraction of sp³-hybridized carbons (Fsp3) is 0.0667. The van der Waals surface area contributed by atoms with Crippen LogP contribution in [0.5, 0.6) is 5.75 Å². The van der Waals surface area contributed by atoms with Crippen LogP contribution in [0.4, 0.5) is 8.78 Å². The van der Waals surface area contributed by atoms with Gasteiger partial charge in [0.05, 0.1) is 0 Å². The van der Waals surface area contributed by atoms with Crippen molar-refractivity contribution in [3.63, 3.8) is 0 Å². The molecule has 0 bridgehead atoms. The van der Waals surface area contributed by atoms with Gasteiger partial charge in [0, 0.05) is 5.56 Å². The van der Waals surface area contributed by atoms with Gasteiger partial charge in [-0.15, -0.1) is 0 Å². The second-order valence-electron chi connectivity index (χ2n) is 4.52. The first-order valence-electron chi connectivity index (χ1n) is 6.14. The molecule has 106 valence electrons. The monoisotopic (exact) mass is 288 g/mol. The van der Waals surface area contributed by atoms with Crippen molar-refractivity contribution in [3.05, 3.63) is 53.6 Å². The molecule has 0 radical (unpaired) electrons. The Bertz CT molecular complexity index is 795. The van der Waals surface area contributed by atoms with Crippen LogP contribution in [0, 0.1) is 18.6 Å². The molecule has 0 fully saturated rings. The van der Waals surface area contributed by atoms with Crippen molar-refractivity contribution in [3.8, 4) is 28.6 Å². The van der Waals surface area contributed by atoms with Crippen LogP contribution in [-0.2, 0) is 0 Å². The first-order valence-corrected chi connectivity index (χ1v) is 6.14. The molecule has 0 aliphatic heterocycles. The molecule has 0 unspecified atom stereocenters. The van der Waals surface area contributed by atoms with Gasteiger partial charge in [0.25, 0.3) is 5.89 Å². The van der Waals surface area contributed by atoms with E-state index >= 15 is 0 Å². The van der Waals surface area contributed by atoms with E-state index in [2.05, 4.69) is 10.1 Å². The van der Waals surface area contributed by atoms with Gasteiger partial charge < -0.3 is 9.63 Å². The average Bonchev–Trinajstić information content (AvgIpc) is 2.91. The summed E-state index contributed by atoms with van der Waals surface area (Å²) in [5.41, 5.74) is 0.724. The van der Waals surface area contributed by atoms with Crippen molar-refractivity contribution in [1.29, 1.82) is 0 Å². The van der Waals surface area contributed by atoms with Gasteiger partial charge in [-0.1, -0.05) is 23.4 Å². The third-order valence-corrected chi connectivity index (χ3v) is 3.06. The normalized spacial score (nSPS) is 10.8. The predicted molar refractivity (Wildman–Crippen MR) is 71.5 cm³/mol. The van der Waals surface area contributed by atoms with Gasteiger partial charge in [-0.25, -0.2) is 8.78 Å². The van der Waals surface area contributed by atoms with Crippen molar-refractivity contribution in [1.82, 2.24) is 10.1 Å². The largest absolute Gasteiger partial charge is 0.507 e. The smallest absolute Gasteiger partial charge is 0.265 e. The first kappa shape index (κ1) is 13.2. The summed E-state index contributed by atoms with van der Waals surface area (Å²) in [6.07, 6.45) is 0. The fourth-order valence-corrected chi connectivity index (χ4v) is 1.90. The zero-order valence-corrected chi connectivity index (χ0v) is 11.0. The quantitative estimate of drug-likeness (QED) is 0.781.